The number of methoxy groups -OCH3 is 1. The number of benzene rings is 3. The molecule has 0 aliphatic heterocycles. The summed E-state index contributed by atoms with van der Waals surface area (Å²) in [6.07, 6.45) is 0. The van der Waals surface area contributed by atoms with Gasteiger partial charge in [0.2, 0.25) is 0 Å². The highest BCUT2D eigenvalue weighted by Gasteiger charge is 2.18. The van der Waals surface area contributed by atoms with Gasteiger partial charge in [0, 0.05) is 12.1 Å². The molecule has 0 bridgehead atoms. The number of aromatic nitrogens is 1. The van der Waals surface area contributed by atoms with Crippen LogP contribution in [0.15, 0.2) is 71.5 Å². The number of fused-ring (bicyclic) bond motifs is 1. The Bertz CT molecular complexity index is 1400. The first-order valence-electron chi connectivity index (χ1n) is 10.9. The van der Waals surface area contributed by atoms with Crippen molar-refractivity contribution in [3.63, 3.8) is 0 Å². The van der Waals surface area contributed by atoms with Crippen LogP contribution in [-0.2, 0) is 13.1 Å². The molecule has 0 unspecified atom stereocenters. The highest BCUT2D eigenvalue weighted by molar-refractivity contribution is 6.33. The summed E-state index contributed by atoms with van der Waals surface area (Å²) < 4.78 is 5.23. The third-order valence-electron chi connectivity index (χ3n) is 5.92. The summed E-state index contributed by atoms with van der Waals surface area (Å²) >= 11 is 6.24. The molecule has 2 amide bonds. The minimum absolute atomic E-state index is 0.126. The van der Waals surface area contributed by atoms with Gasteiger partial charge in [-0.05, 0) is 66.3 Å². The lowest BCUT2D eigenvalue weighted by Crippen LogP contribution is -2.35. The van der Waals surface area contributed by atoms with Crippen LogP contribution in [0.2, 0.25) is 5.02 Å². The number of carbonyl (C=O) groups is 1. The quantitative estimate of drug-likeness (QED) is 0.357. The number of aryl methyl sites for hydroxylation is 2. The lowest BCUT2D eigenvalue weighted by molar-refractivity contribution is 0.206. The second-order valence-corrected chi connectivity index (χ2v) is 8.62. The SMILES string of the molecule is COc1ccc(CN(Cc2cc3ccc(C)c(C)c3[nH]c2=O)C(=O)Nc2ccccc2Cl)cc1. The third-order valence-corrected chi connectivity index (χ3v) is 6.25. The third kappa shape index (κ3) is 5.07. The molecule has 4 rings (SSSR count). The molecule has 7 heteroatoms. The first kappa shape index (κ1) is 23.4. The first-order valence-corrected chi connectivity index (χ1v) is 11.3. The summed E-state index contributed by atoms with van der Waals surface area (Å²) in [5.41, 5.74) is 4.65. The fraction of sp³-hybridized carbons (Fsp3) is 0.185. The maximum atomic E-state index is 13.3. The van der Waals surface area contributed by atoms with Crippen molar-refractivity contribution in [2.24, 2.45) is 0 Å². The van der Waals surface area contributed by atoms with E-state index in [0.29, 0.717) is 22.8 Å². The minimum Gasteiger partial charge on any atom is -0.497 e. The number of carbonyl (C=O) groups excluding carboxylic acids is 1. The normalized spacial score (nSPS) is 10.8. The van der Waals surface area contributed by atoms with E-state index in [4.69, 9.17) is 16.3 Å². The predicted octanol–water partition coefficient (Wildman–Crippen LogP) is 6.04. The van der Waals surface area contributed by atoms with E-state index >= 15 is 0 Å². The van der Waals surface area contributed by atoms with Gasteiger partial charge in [-0.1, -0.05) is 48.0 Å². The van der Waals surface area contributed by atoms with Crippen LogP contribution in [0, 0.1) is 13.8 Å². The van der Waals surface area contributed by atoms with E-state index in [2.05, 4.69) is 10.3 Å². The number of halogens is 1. The Balaban J connectivity index is 1.67. The monoisotopic (exact) mass is 475 g/mol. The van der Waals surface area contributed by atoms with Crippen molar-refractivity contribution >= 4 is 34.2 Å². The standard InChI is InChI=1S/C27H26ClN3O3/c1-17-8-11-20-14-21(26(32)30-25(20)18(17)2)16-31(15-19-9-12-22(34-3)13-10-19)27(33)29-24-7-5-4-6-23(24)28/h4-14H,15-16H2,1-3H3,(H,29,33)(H,30,32). The minimum atomic E-state index is -0.358. The van der Waals surface area contributed by atoms with Crippen LogP contribution < -0.4 is 15.6 Å². The maximum absolute atomic E-state index is 13.3. The van der Waals surface area contributed by atoms with Gasteiger partial charge in [0.25, 0.3) is 5.56 Å². The zero-order valence-corrected chi connectivity index (χ0v) is 20.1. The van der Waals surface area contributed by atoms with Crippen molar-refractivity contribution in [3.05, 3.63) is 104 Å². The first-order chi connectivity index (χ1) is 16.4. The van der Waals surface area contributed by atoms with Crippen molar-refractivity contribution in [2.45, 2.75) is 26.9 Å². The van der Waals surface area contributed by atoms with E-state index in [-0.39, 0.29) is 18.1 Å². The molecule has 0 atom stereocenters. The van der Waals surface area contributed by atoms with Crippen molar-refractivity contribution in [3.8, 4) is 5.75 Å². The fourth-order valence-corrected chi connectivity index (χ4v) is 3.98. The summed E-state index contributed by atoms with van der Waals surface area (Å²) in [4.78, 5) is 30.8. The second kappa shape index (κ2) is 10.0. The molecule has 3 aromatic carbocycles. The highest BCUT2D eigenvalue weighted by Crippen LogP contribution is 2.23. The molecule has 1 heterocycles. The predicted molar refractivity (Wildman–Crippen MR) is 137 cm³/mol. The van der Waals surface area contributed by atoms with Gasteiger partial charge in [-0.15, -0.1) is 0 Å². The number of anilines is 1. The van der Waals surface area contributed by atoms with Crippen LogP contribution in [0.25, 0.3) is 10.9 Å². The lowest BCUT2D eigenvalue weighted by atomic mass is 10.0. The van der Waals surface area contributed by atoms with Crippen LogP contribution >= 0.6 is 11.6 Å². The largest absolute Gasteiger partial charge is 0.497 e. The Labute approximate surface area is 203 Å². The number of nitrogens with zero attached hydrogens (tertiary/aromatic N) is 1. The summed E-state index contributed by atoms with van der Waals surface area (Å²) in [5, 5.41) is 4.23. The molecular weight excluding hydrogens is 450 g/mol. The Morgan fingerprint density at radius 3 is 2.47 bits per heavy atom. The Kier molecular flexibility index (Phi) is 6.89. The summed E-state index contributed by atoms with van der Waals surface area (Å²) in [7, 11) is 1.60. The van der Waals surface area contributed by atoms with Gasteiger partial charge < -0.3 is 19.9 Å². The van der Waals surface area contributed by atoms with Crippen LogP contribution in [-0.4, -0.2) is 23.0 Å². The Hall–Kier alpha value is -3.77. The molecule has 34 heavy (non-hydrogen) atoms. The molecule has 174 valence electrons. The van der Waals surface area contributed by atoms with Crippen LogP contribution in [0.1, 0.15) is 22.3 Å². The number of urea groups is 1. The number of pyridine rings is 1. The number of rotatable bonds is 6. The van der Waals surface area contributed by atoms with Gasteiger partial charge >= 0.3 is 6.03 Å². The highest BCUT2D eigenvalue weighted by atomic mass is 35.5. The average Bonchev–Trinajstić information content (AvgIpc) is 2.84. The van der Waals surface area contributed by atoms with E-state index in [1.165, 1.54) is 0 Å². The van der Waals surface area contributed by atoms with Crippen LogP contribution in [0.5, 0.6) is 5.75 Å². The van der Waals surface area contributed by atoms with Gasteiger partial charge in [0.1, 0.15) is 5.75 Å². The van der Waals surface area contributed by atoms with E-state index < -0.39 is 0 Å². The van der Waals surface area contributed by atoms with Crippen molar-refractivity contribution in [2.75, 3.05) is 12.4 Å². The Morgan fingerprint density at radius 2 is 1.76 bits per heavy atom. The van der Waals surface area contributed by atoms with E-state index in [0.717, 1.165) is 33.3 Å². The van der Waals surface area contributed by atoms with Crippen LogP contribution in [0.3, 0.4) is 0 Å². The number of hydrogen-bond acceptors (Lipinski definition) is 3. The lowest BCUT2D eigenvalue weighted by Gasteiger charge is -2.24. The number of hydrogen-bond donors (Lipinski definition) is 2. The number of para-hydroxylation sites is 1. The molecule has 0 aliphatic carbocycles. The molecule has 6 nitrogen and oxygen atoms in total. The van der Waals surface area contributed by atoms with Crippen molar-refractivity contribution < 1.29 is 9.53 Å². The molecule has 4 aromatic rings. The topological polar surface area (TPSA) is 74.4 Å². The van der Waals surface area contributed by atoms with Crippen LogP contribution in [0.4, 0.5) is 10.5 Å². The molecule has 0 saturated carbocycles. The molecule has 1 aromatic heterocycles. The summed E-state index contributed by atoms with van der Waals surface area (Å²) in [6.45, 7) is 4.42. The summed E-state index contributed by atoms with van der Waals surface area (Å²) in [6, 6.07) is 20.0. The van der Waals surface area contributed by atoms with Crippen molar-refractivity contribution in [1.82, 2.24) is 9.88 Å². The van der Waals surface area contributed by atoms with E-state index in [9.17, 15) is 9.59 Å². The smallest absolute Gasteiger partial charge is 0.322 e. The van der Waals surface area contributed by atoms with E-state index in [1.54, 1.807) is 36.3 Å². The molecule has 0 aliphatic rings. The molecule has 0 fully saturated rings. The molecular formula is C27H26ClN3O3. The Morgan fingerprint density at radius 1 is 1.03 bits per heavy atom. The van der Waals surface area contributed by atoms with Gasteiger partial charge in [-0.3, -0.25) is 4.79 Å². The molecule has 0 spiro atoms. The number of amides is 2. The van der Waals surface area contributed by atoms with Gasteiger partial charge in [0.15, 0.2) is 0 Å². The molecule has 2 N–H and O–H groups in total. The second-order valence-electron chi connectivity index (χ2n) is 8.21. The van der Waals surface area contributed by atoms with Gasteiger partial charge in [0.05, 0.1) is 29.9 Å². The fourth-order valence-electron chi connectivity index (χ4n) is 3.80. The van der Waals surface area contributed by atoms with Gasteiger partial charge in [-0.2, -0.15) is 0 Å². The number of H-pyrrole nitrogens is 1. The zero-order chi connectivity index (χ0) is 24.2. The maximum Gasteiger partial charge on any atom is 0.322 e. The molecule has 0 saturated heterocycles. The van der Waals surface area contributed by atoms with E-state index in [1.807, 2.05) is 56.3 Å². The van der Waals surface area contributed by atoms with Gasteiger partial charge in [-0.25, -0.2) is 4.79 Å². The zero-order valence-electron chi connectivity index (χ0n) is 19.3. The average molecular weight is 476 g/mol. The summed E-state index contributed by atoms with van der Waals surface area (Å²) in [5.74, 6) is 0.729. The number of nitrogens with one attached hydrogen (secondary N) is 2. The van der Waals surface area contributed by atoms with Crippen molar-refractivity contribution in [1.29, 1.82) is 0 Å². The molecule has 0 radical (unpaired) electrons. The number of ether oxygens (including phenoxy) is 1. The number of aromatic amines is 1.